The molecule has 2 aromatic rings. The van der Waals surface area contributed by atoms with E-state index in [2.05, 4.69) is 0 Å². The number of benzene rings is 1. The average molecular weight is 230 g/mol. The first kappa shape index (κ1) is 9.37. The van der Waals surface area contributed by atoms with Crippen molar-refractivity contribution in [1.29, 1.82) is 0 Å². The molecule has 1 heterocycles. The van der Waals surface area contributed by atoms with E-state index in [1.165, 1.54) is 6.07 Å². The lowest BCUT2D eigenvalue weighted by atomic mass is 10.2. The summed E-state index contributed by atoms with van der Waals surface area (Å²) in [7, 11) is 0. The molecule has 0 amide bonds. The zero-order valence-corrected chi connectivity index (χ0v) is 8.39. The summed E-state index contributed by atoms with van der Waals surface area (Å²) in [5.74, 6) is 0. The molecule has 14 heavy (non-hydrogen) atoms. The normalized spacial score (nSPS) is 10.7. The first-order valence-electron chi connectivity index (χ1n) is 3.77. The predicted octanol–water partition coefficient (Wildman–Crippen LogP) is 2.68. The maximum atomic E-state index is 11.3. The van der Waals surface area contributed by atoms with Gasteiger partial charge < -0.3 is 10.2 Å². The number of nitrogen functional groups attached to an aromatic ring is 1. The number of rotatable bonds is 0. The summed E-state index contributed by atoms with van der Waals surface area (Å²) in [6, 6.07) is 4.78. The number of anilines is 1. The van der Waals surface area contributed by atoms with Gasteiger partial charge in [-0.25, -0.2) is 4.79 Å². The van der Waals surface area contributed by atoms with Gasteiger partial charge in [0.1, 0.15) is 5.02 Å². The van der Waals surface area contributed by atoms with Gasteiger partial charge in [-0.2, -0.15) is 0 Å². The van der Waals surface area contributed by atoms with Crippen LogP contribution in [0.5, 0.6) is 0 Å². The van der Waals surface area contributed by atoms with E-state index in [4.69, 9.17) is 33.4 Å². The Hall–Kier alpha value is -1.19. The monoisotopic (exact) mass is 229 g/mol. The molecule has 0 saturated heterocycles. The zero-order valence-electron chi connectivity index (χ0n) is 6.88. The topological polar surface area (TPSA) is 56.2 Å². The molecule has 0 fully saturated rings. The Morgan fingerprint density at radius 2 is 1.93 bits per heavy atom. The quantitative estimate of drug-likeness (QED) is 0.707. The molecule has 0 aliphatic heterocycles. The van der Waals surface area contributed by atoms with Gasteiger partial charge in [0.15, 0.2) is 0 Å². The van der Waals surface area contributed by atoms with Crippen molar-refractivity contribution in [3.63, 3.8) is 0 Å². The maximum absolute atomic E-state index is 11.3. The van der Waals surface area contributed by atoms with E-state index in [-0.39, 0.29) is 10.2 Å². The first-order valence-corrected chi connectivity index (χ1v) is 4.52. The number of nitrogens with two attached hydrogens (primary N) is 1. The summed E-state index contributed by atoms with van der Waals surface area (Å²) in [4.78, 5) is 11.3. The predicted molar refractivity (Wildman–Crippen MR) is 56.9 cm³/mol. The minimum atomic E-state index is -0.540. The van der Waals surface area contributed by atoms with Gasteiger partial charge in [0.05, 0.1) is 5.39 Å². The highest BCUT2D eigenvalue weighted by Crippen LogP contribution is 2.28. The fourth-order valence-corrected chi connectivity index (χ4v) is 1.58. The Labute approximate surface area is 89.0 Å². The molecule has 2 rings (SSSR count). The van der Waals surface area contributed by atoms with E-state index >= 15 is 0 Å². The molecule has 1 aromatic carbocycles. The van der Waals surface area contributed by atoms with Crippen molar-refractivity contribution in [3.8, 4) is 0 Å². The van der Waals surface area contributed by atoms with E-state index in [9.17, 15) is 4.79 Å². The van der Waals surface area contributed by atoms with Crippen LogP contribution < -0.4 is 11.4 Å². The zero-order chi connectivity index (χ0) is 10.3. The maximum Gasteiger partial charge on any atom is 0.345 e. The van der Waals surface area contributed by atoms with Gasteiger partial charge in [-0.1, -0.05) is 17.7 Å². The fraction of sp³-hybridized carbons (Fsp3) is 0. The van der Waals surface area contributed by atoms with Crippen molar-refractivity contribution in [2.24, 2.45) is 0 Å². The van der Waals surface area contributed by atoms with Crippen LogP contribution in [0.3, 0.4) is 0 Å². The molecular weight excluding hydrogens is 225 g/mol. The van der Waals surface area contributed by atoms with Crippen molar-refractivity contribution >= 4 is 39.7 Å². The summed E-state index contributed by atoms with van der Waals surface area (Å²) >= 11 is 11.4. The van der Waals surface area contributed by atoms with Crippen molar-refractivity contribution in [2.75, 3.05) is 5.73 Å². The molecule has 0 unspecified atom stereocenters. The van der Waals surface area contributed by atoms with Gasteiger partial charge in [0, 0.05) is 11.1 Å². The third-order valence-corrected chi connectivity index (χ3v) is 2.59. The molecule has 3 nitrogen and oxygen atoms in total. The van der Waals surface area contributed by atoms with E-state index < -0.39 is 5.63 Å². The van der Waals surface area contributed by atoms with Crippen LogP contribution in [0.15, 0.2) is 27.4 Å². The Morgan fingerprint density at radius 1 is 1.21 bits per heavy atom. The summed E-state index contributed by atoms with van der Waals surface area (Å²) in [6.07, 6.45) is 0. The summed E-state index contributed by atoms with van der Waals surface area (Å²) in [6.45, 7) is 0. The Bertz CT molecular complexity index is 562. The highest BCUT2D eigenvalue weighted by Gasteiger charge is 2.09. The first-order chi connectivity index (χ1) is 6.59. The third-order valence-electron chi connectivity index (χ3n) is 1.85. The second-order valence-electron chi connectivity index (χ2n) is 2.78. The van der Waals surface area contributed by atoms with Gasteiger partial charge >= 0.3 is 5.63 Å². The molecular formula is C9H5Cl2NO2. The molecule has 72 valence electrons. The molecule has 0 bridgehead atoms. The van der Waals surface area contributed by atoms with Crippen LogP contribution in [0.4, 0.5) is 5.69 Å². The largest absolute Gasteiger partial charge is 0.409 e. The minimum absolute atomic E-state index is 0.103. The van der Waals surface area contributed by atoms with Crippen molar-refractivity contribution < 1.29 is 4.42 Å². The highest BCUT2D eigenvalue weighted by molar-refractivity contribution is 6.44. The van der Waals surface area contributed by atoms with E-state index in [0.29, 0.717) is 16.5 Å². The van der Waals surface area contributed by atoms with Gasteiger partial charge in [0.25, 0.3) is 0 Å². The standard InChI is InChI=1S/C9H5Cl2NO2/c10-7-5-2-1-4(12)3-6(5)9(13)14-8(7)11/h1-3H,12H2. The van der Waals surface area contributed by atoms with Crippen LogP contribution in [-0.2, 0) is 0 Å². The van der Waals surface area contributed by atoms with E-state index in [1.807, 2.05) is 0 Å². The number of halogens is 2. The lowest BCUT2D eigenvalue weighted by molar-refractivity contribution is 0.522. The van der Waals surface area contributed by atoms with Crippen molar-refractivity contribution in [2.45, 2.75) is 0 Å². The molecule has 1 aromatic heterocycles. The van der Waals surface area contributed by atoms with Crippen molar-refractivity contribution in [3.05, 3.63) is 38.9 Å². The van der Waals surface area contributed by atoms with E-state index in [0.717, 1.165) is 0 Å². The van der Waals surface area contributed by atoms with Crippen LogP contribution in [0.1, 0.15) is 0 Å². The summed E-state index contributed by atoms with van der Waals surface area (Å²) < 4.78 is 4.70. The molecule has 0 radical (unpaired) electrons. The molecule has 0 aliphatic rings. The highest BCUT2D eigenvalue weighted by atomic mass is 35.5. The fourth-order valence-electron chi connectivity index (χ4n) is 1.21. The molecule has 0 aliphatic carbocycles. The molecule has 2 N–H and O–H groups in total. The van der Waals surface area contributed by atoms with Crippen LogP contribution >= 0.6 is 23.2 Å². The van der Waals surface area contributed by atoms with Gasteiger partial charge in [-0.15, -0.1) is 0 Å². The number of hydrogen-bond acceptors (Lipinski definition) is 3. The van der Waals surface area contributed by atoms with Crippen LogP contribution in [0.2, 0.25) is 10.2 Å². The van der Waals surface area contributed by atoms with Crippen molar-refractivity contribution in [1.82, 2.24) is 0 Å². The van der Waals surface area contributed by atoms with Gasteiger partial charge in [-0.3, -0.25) is 0 Å². The van der Waals surface area contributed by atoms with Crippen LogP contribution in [0, 0.1) is 0 Å². The summed E-state index contributed by atoms with van der Waals surface area (Å²) in [5.41, 5.74) is 5.46. The SMILES string of the molecule is Nc1ccc2c(Cl)c(Cl)oc(=O)c2c1. The summed E-state index contributed by atoms with van der Waals surface area (Å²) in [5, 5.41) is 0.997. The lowest BCUT2D eigenvalue weighted by Gasteiger charge is -2.01. The Morgan fingerprint density at radius 3 is 2.64 bits per heavy atom. The van der Waals surface area contributed by atoms with Crippen LogP contribution in [-0.4, -0.2) is 0 Å². The minimum Gasteiger partial charge on any atom is -0.409 e. The Balaban J connectivity index is 3.02. The number of fused-ring (bicyclic) bond motifs is 1. The lowest BCUT2D eigenvalue weighted by Crippen LogP contribution is -2.00. The van der Waals surface area contributed by atoms with E-state index in [1.54, 1.807) is 12.1 Å². The molecule has 0 saturated carbocycles. The second kappa shape index (κ2) is 3.19. The average Bonchev–Trinajstić information content (AvgIpc) is 2.14. The van der Waals surface area contributed by atoms with Crippen LogP contribution in [0.25, 0.3) is 10.8 Å². The third kappa shape index (κ3) is 1.35. The smallest absolute Gasteiger partial charge is 0.345 e. The molecule has 0 spiro atoms. The number of hydrogen-bond donors (Lipinski definition) is 1. The molecule has 5 heteroatoms. The van der Waals surface area contributed by atoms with Gasteiger partial charge in [-0.05, 0) is 23.7 Å². The molecule has 0 atom stereocenters. The second-order valence-corrected chi connectivity index (χ2v) is 3.50. The van der Waals surface area contributed by atoms with Gasteiger partial charge in [0.2, 0.25) is 5.22 Å². The Kier molecular flexibility index (Phi) is 2.13.